The number of benzene rings is 1. The molecule has 0 spiro atoms. The van der Waals surface area contributed by atoms with Gasteiger partial charge in [-0.05, 0) is 25.2 Å². The molecule has 0 aliphatic carbocycles. The van der Waals surface area contributed by atoms with Crippen LogP contribution in [0.1, 0.15) is 19.4 Å². The number of hydrogen-bond acceptors (Lipinski definition) is 5. The molecule has 0 bridgehead atoms. The van der Waals surface area contributed by atoms with Crippen molar-refractivity contribution in [1.29, 1.82) is 0 Å². The fourth-order valence-corrected chi connectivity index (χ4v) is 2.14. The number of nitrogens with zero attached hydrogens (tertiary/aromatic N) is 3. The van der Waals surface area contributed by atoms with E-state index in [1.165, 1.54) is 5.01 Å². The lowest BCUT2D eigenvalue weighted by atomic mass is 10.2. The minimum atomic E-state index is -0.165. The van der Waals surface area contributed by atoms with E-state index in [-0.39, 0.29) is 24.2 Å². The Labute approximate surface area is 124 Å². The second-order valence-corrected chi connectivity index (χ2v) is 4.75. The monoisotopic (exact) mass is 291 g/mol. The third-order valence-corrected chi connectivity index (χ3v) is 3.49. The van der Waals surface area contributed by atoms with Gasteiger partial charge in [-0.25, -0.2) is 5.01 Å². The number of hydrazone groups is 1. The first-order valence-corrected chi connectivity index (χ1v) is 7.18. The molecule has 0 saturated carbocycles. The van der Waals surface area contributed by atoms with Gasteiger partial charge in [0.15, 0.2) is 6.61 Å². The molecular weight excluding hydrogens is 270 g/mol. The Morgan fingerprint density at radius 1 is 1.33 bits per heavy atom. The molecule has 0 aromatic heterocycles. The summed E-state index contributed by atoms with van der Waals surface area (Å²) in [6.45, 7) is 7.27. The number of likely N-dealkylation sites (N-methyl/N-ethyl adjacent to an activating group) is 1. The van der Waals surface area contributed by atoms with Gasteiger partial charge >= 0.3 is 0 Å². The minimum Gasteiger partial charge on any atom is -0.507 e. The Kier molecular flexibility index (Phi) is 5.16. The van der Waals surface area contributed by atoms with Crippen LogP contribution in [-0.4, -0.2) is 59.6 Å². The number of carbonyl (C=O) groups is 1. The van der Waals surface area contributed by atoms with E-state index in [0.717, 1.165) is 19.6 Å². The second kappa shape index (κ2) is 7.08. The summed E-state index contributed by atoms with van der Waals surface area (Å²) in [6.07, 6.45) is 0. The highest BCUT2D eigenvalue weighted by Crippen LogP contribution is 2.19. The van der Waals surface area contributed by atoms with Crippen LogP contribution in [0.4, 0.5) is 0 Å². The highest BCUT2D eigenvalue weighted by Gasteiger charge is 2.24. The second-order valence-electron chi connectivity index (χ2n) is 4.75. The van der Waals surface area contributed by atoms with Crippen LogP contribution in [0.5, 0.6) is 5.75 Å². The number of ether oxygens (including phenoxy) is 1. The molecule has 114 valence electrons. The number of amides is 1. The van der Waals surface area contributed by atoms with E-state index in [2.05, 4.69) is 23.8 Å². The van der Waals surface area contributed by atoms with Crippen molar-refractivity contribution in [2.45, 2.75) is 13.8 Å². The third-order valence-electron chi connectivity index (χ3n) is 3.49. The van der Waals surface area contributed by atoms with E-state index in [9.17, 15) is 9.90 Å². The lowest BCUT2D eigenvalue weighted by Crippen LogP contribution is -2.41. The fourth-order valence-electron chi connectivity index (χ4n) is 2.14. The average molecular weight is 291 g/mol. The molecule has 1 N–H and O–H groups in total. The van der Waals surface area contributed by atoms with Crippen LogP contribution in [0.15, 0.2) is 29.4 Å². The van der Waals surface area contributed by atoms with Crippen molar-refractivity contribution in [3.63, 3.8) is 0 Å². The fraction of sp³-hybridized carbons (Fsp3) is 0.467. The van der Waals surface area contributed by atoms with Gasteiger partial charge in [-0.2, -0.15) is 0 Å². The topological polar surface area (TPSA) is 65.4 Å². The van der Waals surface area contributed by atoms with Gasteiger partial charge in [-0.1, -0.05) is 26.0 Å². The van der Waals surface area contributed by atoms with Gasteiger partial charge in [0, 0.05) is 6.54 Å². The van der Waals surface area contributed by atoms with Crippen LogP contribution in [-0.2, 0) is 9.53 Å². The van der Waals surface area contributed by atoms with E-state index in [1.54, 1.807) is 24.3 Å². The van der Waals surface area contributed by atoms with Gasteiger partial charge < -0.3 is 14.7 Å². The van der Waals surface area contributed by atoms with Gasteiger partial charge in [-0.15, -0.1) is 5.10 Å². The highest BCUT2D eigenvalue weighted by atomic mass is 16.5. The average Bonchev–Trinajstić information content (AvgIpc) is 2.50. The van der Waals surface area contributed by atoms with Gasteiger partial charge in [0.2, 0.25) is 5.90 Å². The van der Waals surface area contributed by atoms with E-state index in [1.807, 2.05) is 0 Å². The van der Waals surface area contributed by atoms with E-state index >= 15 is 0 Å². The first-order valence-electron chi connectivity index (χ1n) is 7.18. The number of carbonyl (C=O) groups excluding carboxylic acids is 1. The van der Waals surface area contributed by atoms with Crippen molar-refractivity contribution in [3.05, 3.63) is 29.8 Å². The lowest BCUT2D eigenvalue weighted by molar-refractivity contribution is -0.135. The Balaban J connectivity index is 2.12. The van der Waals surface area contributed by atoms with Crippen molar-refractivity contribution in [3.8, 4) is 5.75 Å². The number of aromatic hydroxyl groups is 1. The minimum absolute atomic E-state index is 0.0502. The summed E-state index contributed by atoms with van der Waals surface area (Å²) >= 11 is 0. The van der Waals surface area contributed by atoms with Gasteiger partial charge in [0.1, 0.15) is 5.75 Å². The molecule has 1 aliphatic heterocycles. The number of rotatable bonds is 6. The van der Waals surface area contributed by atoms with Gasteiger partial charge in [0.25, 0.3) is 5.91 Å². The number of hydrogen-bond donors (Lipinski definition) is 1. The summed E-state index contributed by atoms with van der Waals surface area (Å²) in [5, 5.41) is 15.5. The predicted octanol–water partition coefficient (Wildman–Crippen LogP) is 1.25. The quantitative estimate of drug-likeness (QED) is 0.857. The zero-order valence-corrected chi connectivity index (χ0v) is 12.5. The summed E-state index contributed by atoms with van der Waals surface area (Å²) in [4.78, 5) is 14.1. The van der Waals surface area contributed by atoms with Gasteiger partial charge in [0.05, 0.1) is 12.1 Å². The van der Waals surface area contributed by atoms with E-state index in [0.29, 0.717) is 12.1 Å². The molecule has 0 saturated heterocycles. The maximum absolute atomic E-state index is 11.9. The molecule has 1 heterocycles. The summed E-state index contributed by atoms with van der Waals surface area (Å²) in [5.74, 6) is 0.211. The zero-order valence-electron chi connectivity index (χ0n) is 12.5. The summed E-state index contributed by atoms with van der Waals surface area (Å²) in [6, 6.07) is 6.80. The molecule has 6 nitrogen and oxygen atoms in total. The first-order chi connectivity index (χ1) is 10.2. The SMILES string of the molecule is CCN(CC)CCN1N=C(c2ccccc2O)OCC1=O. The first kappa shape index (κ1) is 15.3. The molecule has 0 radical (unpaired) electrons. The maximum Gasteiger partial charge on any atom is 0.280 e. The molecule has 0 unspecified atom stereocenters. The molecule has 0 fully saturated rings. The summed E-state index contributed by atoms with van der Waals surface area (Å²) < 4.78 is 5.33. The molecule has 0 atom stereocenters. The number of phenolic OH excluding ortho intramolecular Hbond substituents is 1. The largest absolute Gasteiger partial charge is 0.507 e. The van der Waals surface area contributed by atoms with Crippen LogP contribution < -0.4 is 0 Å². The molecule has 6 heteroatoms. The predicted molar refractivity (Wildman–Crippen MR) is 80.1 cm³/mol. The Bertz CT molecular complexity index is 527. The highest BCUT2D eigenvalue weighted by molar-refractivity contribution is 5.99. The van der Waals surface area contributed by atoms with Crippen LogP contribution in [0.2, 0.25) is 0 Å². The molecular formula is C15H21N3O3. The van der Waals surface area contributed by atoms with E-state index in [4.69, 9.17) is 4.74 Å². The normalized spacial score (nSPS) is 15.1. The summed E-state index contributed by atoms with van der Waals surface area (Å²) in [7, 11) is 0. The van der Waals surface area contributed by atoms with Crippen molar-refractivity contribution >= 4 is 11.8 Å². The standard InChI is InChI=1S/C15H21N3O3/c1-3-17(4-2)9-10-18-14(20)11-21-15(16-18)12-7-5-6-8-13(12)19/h5-8,19H,3-4,9-11H2,1-2H3. The molecule has 2 rings (SSSR count). The molecule has 21 heavy (non-hydrogen) atoms. The van der Waals surface area contributed by atoms with Crippen molar-refractivity contribution in [2.75, 3.05) is 32.8 Å². The van der Waals surface area contributed by atoms with Crippen LogP contribution in [0.3, 0.4) is 0 Å². The lowest BCUT2D eigenvalue weighted by Gasteiger charge is -2.26. The number of phenols is 1. The van der Waals surface area contributed by atoms with Gasteiger partial charge in [-0.3, -0.25) is 4.79 Å². The van der Waals surface area contributed by atoms with Crippen LogP contribution in [0.25, 0.3) is 0 Å². The van der Waals surface area contributed by atoms with Crippen molar-refractivity contribution in [2.24, 2.45) is 5.10 Å². The molecule has 1 amide bonds. The number of para-hydroxylation sites is 1. The summed E-state index contributed by atoms with van der Waals surface area (Å²) in [5.41, 5.74) is 0.498. The smallest absolute Gasteiger partial charge is 0.280 e. The molecule has 1 aromatic carbocycles. The molecule has 1 aliphatic rings. The maximum atomic E-state index is 11.9. The van der Waals surface area contributed by atoms with Crippen molar-refractivity contribution in [1.82, 2.24) is 9.91 Å². The Morgan fingerprint density at radius 3 is 2.71 bits per heavy atom. The van der Waals surface area contributed by atoms with Crippen LogP contribution >= 0.6 is 0 Å². The van der Waals surface area contributed by atoms with E-state index < -0.39 is 0 Å². The Morgan fingerprint density at radius 2 is 2.05 bits per heavy atom. The van der Waals surface area contributed by atoms with Crippen LogP contribution in [0, 0.1) is 0 Å². The molecule has 1 aromatic rings. The zero-order chi connectivity index (χ0) is 15.2. The van der Waals surface area contributed by atoms with Crippen molar-refractivity contribution < 1.29 is 14.6 Å². The Hall–Kier alpha value is -2.08. The third kappa shape index (κ3) is 3.72.